The molecule has 2 N–H and O–H groups in total. The number of halogens is 2. The molecule has 0 spiro atoms. The van der Waals surface area contributed by atoms with Gasteiger partial charge in [-0.2, -0.15) is 4.98 Å². The zero-order valence-corrected chi connectivity index (χ0v) is 14.4. The number of hydrogen-bond donors (Lipinski definition) is 1. The summed E-state index contributed by atoms with van der Waals surface area (Å²) in [7, 11) is 0. The van der Waals surface area contributed by atoms with Gasteiger partial charge in [0.25, 0.3) is 0 Å². The van der Waals surface area contributed by atoms with Gasteiger partial charge in [-0.05, 0) is 49.5 Å². The molecule has 26 heavy (non-hydrogen) atoms. The summed E-state index contributed by atoms with van der Waals surface area (Å²) in [5, 5.41) is 0. The molecule has 1 aromatic heterocycles. The molecule has 3 atom stereocenters. The van der Waals surface area contributed by atoms with Crippen molar-refractivity contribution in [3.05, 3.63) is 47.7 Å². The van der Waals surface area contributed by atoms with E-state index in [0.717, 1.165) is 31.7 Å². The van der Waals surface area contributed by atoms with Crippen LogP contribution in [0.4, 0.5) is 20.5 Å². The summed E-state index contributed by atoms with van der Waals surface area (Å²) < 4.78 is 28.5. The van der Waals surface area contributed by atoms with Crippen LogP contribution in [0.3, 0.4) is 0 Å². The quantitative estimate of drug-likeness (QED) is 0.894. The second-order valence-corrected chi connectivity index (χ2v) is 7.53. The normalized spacial score (nSPS) is 32.7. The predicted octanol–water partition coefficient (Wildman–Crippen LogP) is 2.40. The molecule has 5 nitrogen and oxygen atoms in total. The molecule has 0 saturated carbocycles. The molecular formula is C19H21F2N5. The van der Waals surface area contributed by atoms with Gasteiger partial charge in [0, 0.05) is 30.7 Å². The van der Waals surface area contributed by atoms with Gasteiger partial charge in [0.15, 0.2) is 11.6 Å². The number of fused-ring (bicyclic) bond motifs is 2. The maximum Gasteiger partial charge on any atom is 0.221 e. The van der Waals surface area contributed by atoms with E-state index in [4.69, 9.17) is 5.73 Å². The van der Waals surface area contributed by atoms with E-state index < -0.39 is 11.6 Å². The average Bonchev–Trinajstić information content (AvgIpc) is 3.08. The van der Waals surface area contributed by atoms with Crippen LogP contribution in [-0.4, -0.2) is 46.6 Å². The van der Waals surface area contributed by atoms with Crippen molar-refractivity contribution in [1.29, 1.82) is 0 Å². The number of nitrogen functional groups attached to an aromatic ring is 1. The van der Waals surface area contributed by atoms with E-state index in [-0.39, 0.29) is 23.9 Å². The number of rotatable bonds is 2. The zero-order valence-electron chi connectivity index (χ0n) is 14.4. The fourth-order valence-corrected chi connectivity index (χ4v) is 5.29. The molecule has 2 bridgehead atoms. The Kier molecular flexibility index (Phi) is 3.60. The fraction of sp³-hybridized carbons (Fsp3) is 0.474. The SMILES string of the molecule is Nc1nccc(N2C[C@H](c3cccc(F)c3F)[C@H]3[C@@H]2C2CCN3CC2)n1. The third kappa shape index (κ3) is 2.30. The van der Waals surface area contributed by atoms with Crippen molar-refractivity contribution in [2.45, 2.75) is 30.8 Å². The molecule has 0 aliphatic carbocycles. The molecule has 0 radical (unpaired) electrons. The van der Waals surface area contributed by atoms with Crippen molar-refractivity contribution in [3.8, 4) is 0 Å². The summed E-state index contributed by atoms with van der Waals surface area (Å²) in [6, 6.07) is 6.79. The Balaban J connectivity index is 1.60. The first-order valence-electron chi connectivity index (χ1n) is 9.16. The van der Waals surface area contributed by atoms with E-state index in [9.17, 15) is 8.78 Å². The monoisotopic (exact) mass is 357 g/mol. The maximum absolute atomic E-state index is 14.6. The highest BCUT2D eigenvalue weighted by molar-refractivity contribution is 5.48. The second-order valence-electron chi connectivity index (χ2n) is 7.53. The topological polar surface area (TPSA) is 58.3 Å². The lowest BCUT2D eigenvalue weighted by atomic mass is 9.75. The van der Waals surface area contributed by atoms with Crippen LogP contribution < -0.4 is 10.6 Å². The highest BCUT2D eigenvalue weighted by Gasteiger charge is 2.54. The van der Waals surface area contributed by atoms with E-state index in [1.165, 1.54) is 6.07 Å². The van der Waals surface area contributed by atoms with E-state index in [1.807, 2.05) is 6.07 Å². The lowest BCUT2D eigenvalue weighted by Crippen LogP contribution is -2.60. The molecule has 4 saturated heterocycles. The number of piperidine rings is 3. The largest absolute Gasteiger partial charge is 0.368 e. The fourth-order valence-electron chi connectivity index (χ4n) is 5.29. The summed E-state index contributed by atoms with van der Waals surface area (Å²) >= 11 is 0. The van der Waals surface area contributed by atoms with E-state index in [2.05, 4.69) is 19.8 Å². The van der Waals surface area contributed by atoms with Crippen molar-refractivity contribution in [3.63, 3.8) is 0 Å². The molecule has 7 heteroatoms. The van der Waals surface area contributed by atoms with Gasteiger partial charge in [0.1, 0.15) is 5.82 Å². The Morgan fingerprint density at radius 1 is 1.08 bits per heavy atom. The number of nitrogens with zero attached hydrogens (tertiary/aromatic N) is 4. The summed E-state index contributed by atoms with van der Waals surface area (Å²) in [4.78, 5) is 13.1. The molecule has 4 aliphatic rings. The van der Waals surface area contributed by atoms with Gasteiger partial charge < -0.3 is 10.6 Å². The van der Waals surface area contributed by atoms with E-state index >= 15 is 0 Å². The number of benzene rings is 1. The minimum absolute atomic E-state index is 0.0880. The summed E-state index contributed by atoms with van der Waals surface area (Å²) in [5.41, 5.74) is 6.26. The van der Waals surface area contributed by atoms with Crippen molar-refractivity contribution < 1.29 is 8.78 Å². The first kappa shape index (κ1) is 15.9. The van der Waals surface area contributed by atoms with Gasteiger partial charge in [0.2, 0.25) is 5.95 Å². The highest BCUT2D eigenvalue weighted by Crippen LogP contribution is 2.48. The molecule has 5 heterocycles. The van der Waals surface area contributed by atoms with E-state index in [0.29, 0.717) is 18.0 Å². The second kappa shape index (κ2) is 5.87. The van der Waals surface area contributed by atoms with Gasteiger partial charge in [-0.1, -0.05) is 12.1 Å². The molecule has 1 aromatic carbocycles. The molecule has 6 rings (SSSR count). The first-order valence-corrected chi connectivity index (χ1v) is 9.16. The Morgan fingerprint density at radius 3 is 2.65 bits per heavy atom. The maximum atomic E-state index is 14.6. The molecule has 136 valence electrons. The molecule has 4 aliphatic heterocycles. The number of anilines is 2. The van der Waals surface area contributed by atoms with Crippen molar-refractivity contribution >= 4 is 11.8 Å². The third-order valence-electron chi connectivity index (χ3n) is 6.33. The van der Waals surface area contributed by atoms with Crippen LogP contribution in [-0.2, 0) is 0 Å². The number of hydrogen-bond acceptors (Lipinski definition) is 5. The minimum Gasteiger partial charge on any atom is -0.368 e. The van der Waals surface area contributed by atoms with Gasteiger partial charge in [-0.25, -0.2) is 13.8 Å². The van der Waals surface area contributed by atoms with Crippen molar-refractivity contribution in [2.24, 2.45) is 5.92 Å². The van der Waals surface area contributed by atoms with Crippen LogP contribution in [0.15, 0.2) is 30.5 Å². The van der Waals surface area contributed by atoms with Gasteiger partial charge >= 0.3 is 0 Å². The first-order chi connectivity index (χ1) is 12.6. The zero-order chi connectivity index (χ0) is 17.8. The highest BCUT2D eigenvalue weighted by atomic mass is 19.2. The van der Waals surface area contributed by atoms with Crippen LogP contribution >= 0.6 is 0 Å². The van der Waals surface area contributed by atoms with Crippen LogP contribution in [0.25, 0.3) is 0 Å². The van der Waals surface area contributed by atoms with E-state index in [1.54, 1.807) is 18.3 Å². The van der Waals surface area contributed by atoms with Crippen molar-refractivity contribution in [2.75, 3.05) is 30.3 Å². The van der Waals surface area contributed by atoms with Crippen molar-refractivity contribution in [1.82, 2.24) is 14.9 Å². The van der Waals surface area contributed by atoms with Gasteiger partial charge in [0.05, 0.1) is 0 Å². The lowest BCUT2D eigenvalue weighted by molar-refractivity contribution is 0.0350. The molecular weight excluding hydrogens is 336 g/mol. The Hall–Kier alpha value is -2.28. The molecule has 2 aromatic rings. The molecule has 4 fully saturated rings. The molecule has 0 unspecified atom stereocenters. The van der Waals surface area contributed by atoms with Crippen LogP contribution in [0, 0.1) is 17.6 Å². The summed E-state index contributed by atoms with van der Waals surface area (Å²) in [6.45, 7) is 2.66. The Morgan fingerprint density at radius 2 is 1.88 bits per heavy atom. The Labute approximate surface area is 150 Å². The Bertz CT molecular complexity index is 836. The standard InChI is InChI=1S/C19H21F2N5/c20-14-3-1-2-12(16(14)21)13-10-26(15-4-7-23-19(22)24-15)17-11-5-8-25(9-6-11)18(13)17/h1-4,7,11,13,17-18H,5-6,8-10H2,(H2,22,23,24)/t13-,17+,18+/m1/s1. The van der Waals surface area contributed by atoms with Gasteiger partial charge in [-0.15, -0.1) is 0 Å². The molecule has 0 amide bonds. The predicted molar refractivity (Wildman–Crippen MR) is 94.8 cm³/mol. The third-order valence-corrected chi connectivity index (χ3v) is 6.33. The smallest absolute Gasteiger partial charge is 0.221 e. The average molecular weight is 357 g/mol. The number of aromatic nitrogens is 2. The lowest BCUT2D eigenvalue weighted by Gasteiger charge is -2.51. The van der Waals surface area contributed by atoms with Crippen LogP contribution in [0.1, 0.15) is 24.3 Å². The van der Waals surface area contributed by atoms with Crippen LogP contribution in [0.5, 0.6) is 0 Å². The number of nitrogens with two attached hydrogens (primary N) is 1. The minimum atomic E-state index is -0.778. The van der Waals surface area contributed by atoms with Crippen LogP contribution in [0.2, 0.25) is 0 Å². The summed E-state index contributed by atoms with van der Waals surface area (Å²) in [6.07, 6.45) is 3.93. The summed E-state index contributed by atoms with van der Waals surface area (Å²) in [5.74, 6) is -0.0261. The van der Waals surface area contributed by atoms with Gasteiger partial charge in [-0.3, -0.25) is 4.90 Å².